The van der Waals surface area contributed by atoms with Crippen LogP contribution in [0.2, 0.25) is 0 Å². The number of hydrogen-bond acceptors (Lipinski definition) is 2. The molecule has 4 nitrogen and oxygen atoms in total. The third-order valence-electron chi connectivity index (χ3n) is 3.24. The van der Waals surface area contributed by atoms with Gasteiger partial charge in [0.05, 0.1) is 16.4 Å². The lowest BCUT2D eigenvalue weighted by molar-refractivity contribution is -0.123. The molecule has 0 saturated carbocycles. The Morgan fingerprint density at radius 2 is 2.11 bits per heavy atom. The average molecular weight is 280 g/mol. The first-order valence-electron chi connectivity index (χ1n) is 6.30. The van der Waals surface area contributed by atoms with Gasteiger partial charge in [0.2, 0.25) is 5.91 Å². The quantitative estimate of drug-likeness (QED) is 0.878. The number of alkyl halides is 1. The molecular formula is C14H18ClN3O. The monoisotopic (exact) mass is 279 g/mol. The van der Waals surface area contributed by atoms with Crippen molar-refractivity contribution in [2.24, 2.45) is 0 Å². The summed E-state index contributed by atoms with van der Waals surface area (Å²) in [5.74, 6) is 0.664. The van der Waals surface area contributed by atoms with Gasteiger partial charge in [0.25, 0.3) is 0 Å². The van der Waals surface area contributed by atoms with E-state index in [1.807, 2.05) is 43.5 Å². The maximum atomic E-state index is 11.9. The zero-order valence-corrected chi connectivity index (χ0v) is 12.3. The molecule has 2 unspecified atom stereocenters. The van der Waals surface area contributed by atoms with Gasteiger partial charge in [0, 0.05) is 7.05 Å². The van der Waals surface area contributed by atoms with Gasteiger partial charge in [-0.2, -0.15) is 0 Å². The molecule has 0 aliphatic carbocycles. The van der Waals surface area contributed by atoms with Crippen LogP contribution in [0.3, 0.4) is 0 Å². The van der Waals surface area contributed by atoms with Crippen molar-refractivity contribution in [2.75, 3.05) is 7.05 Å². The Bertz CT molecular complexity index is 618. The molecule has 1 amide bonds. The van der Waals surface area contributed by atoms with E-state index in [0.29, 0.717) is 0 Å². The molecule has 1 N–H and O–H groups in total. The van der Waals surface area contributed by atoms with E-state index in [0.717, 1.165) is 22.4 Å². The number of carbonyl (C=O) groups excluding carboxylic acids is 1. The standard InChI is InChI=1S/C14H18ClN3O/c1-8-5-6-12-11(7-8)17-13(9(2)15)18(12)10(3)14(19)16-4/h5-7,9-10H,1-4H3,(H,16,19). The molecule has 2 atom stereocenters. The fourth-order valence-electron chi connectivity index (χ4n) is 2.24. The van der Waals surface area contributed by atoms with Crippen LogP contribution in [0, 0.1) is 6.92 Å². The van der Waals surface area contributed by atoms with Gasteiger partial charge in [-0.05, 0) is 38.5 Å². The highest BCUT2D eigenvalue weighted by molar-refractivity contribution is 6.20. The van der Waals surface area contributed by atoms with Gasteiger partial charge < -0.3 is 9.88 Å². The maximum Gasteiger partial charge on any atom is 0.242 e. The van der Waals surface area contributed by atoms with Crippen molar-refractivity contribution in [1.29, 1.82) is 0 Å². The minimum Gasteiger partial charge on any atom is -0.357 e. The molecule has 1 aromatic heterocycles. The highest BCUT2D eigenvalue weighted by atomic mass is 35.5. The molecule has 0 fully saturated rings. The lowest BCUT2D eigenvalue weighted by atomic mass is 10.2. The Morgan fingerprint density at radius 1 is 1.42 bits per heavy atom. The van der Waals surface area contributed by atoms with Crippen LogP contribution < -0.4 is 5.32 Å². The number of benzene rings is 1. The molecule has 102 valence electrons. The van der Waals surface area contributed by atoms with Gasteiger partial charge in [-0.1, -0.05) is 6.07 Å². The normalized spacial score (nSPS) is 14.4. The fraction of sp³-hybridized carbons (Fsp3) is 0.429. The first kappa shape index (κ1) is 13.9. The van der Waals surface area contributed by atoms with Crippen LogP contribution in [0.1, 0.15) is 36.7 Å². The Balaban J connectivity index is 2.68. The minimum absolute atomic E-state index is 0.0570. The molecule has 19 heavy (non-hydrogen) atoms. The van der Waals surface area contributed by atoms with E-state index in [9.17, 15) is 4.79 Å². The molecule has 0 spiro atoms. The summed E-state index contributed by atoms with van der Waals surface area (Å²) in [5.41, 5.74) is 2.95. The molecule has 0 radical (unpaired) electrons. The predicted octanol–water partition coefficient (Wildman–Crippen LogP) is 2.95. The summed E-state index contributed by atoms with van der Waals surface area (Å²) in [7, 11) is 1.63. The van der Waals surface area contributed by atoms with Crippen molar-refractivity contribution in [3.8, 4) is 0 Å². The smallest absolute Gasteiger partial charge is 0.242 e. The second-order valence-corrected chi connectivity index (χ2v) is 5.39. The van der Waals surface area contributed by atoms with Crippen molar-refractivity contribution in [2.45, 2.75) is 32.2 Å². The van der Waals surface area contributed by atoms with E-state index in [1.165, 1.54) is 0 Å². The molecule has 0 aliphatic heterocycles. The SMILES string of the molecule is CNC(=O)C(C)n1c(C(C)Cl)nc2cc(C)ccc21. The van der Waals surface area contributed by atoms with Gasteiger partial charge in [0.15, 0.2) is 0 Å². The van der Waals surface area contributed by atoms with Gasteiger partial charge >= 0.3 is 0 Å². The van der Waals surface area contributed by atoms with Crippen LogP contribution in [0.15, 0.2) is 18.2 Å². The Labute approximate surface area is 117 Å². The summed E-state index contributed by atoms with van der Waals surface area (Å²) in [6.07, 6.45) is 0. The Hall–Kier alpha value is -1.55. The van der Waals surface area contributed by atoms with Crippen molar-refractivity contribution in [3.05, 3.63) is 29.6 Å². The number of aryl methyl sites for hydroxylation is 1. The number of nitrogens with zero attached hydrogens (tertiary/aromatic N) is 2. The highest BCUT2D eigenvalue weighted by Gasteiger charge is 2.22. The number of halogens is 1. The largest absolute Gasteiger partial charge is 0.357 e. The lowest BCUT2D eigenvalue weighted by Gasteiger charge is -2.17. The number of likely N-dealkylation sites (N-methyl/N-ethyl adjacent to an activating group) is 1. The number of fused-ring (bicyclic) bond motifs is 1. The number of rotatable bonds is 3. The zero-order chi connectivity index (χ0) is 14.2. The summed E-state index contributed by atoms with van der Waals surface area (Å²) >= 11 is 6.20. The predicted molar refractivity (Wildman–Crippen MR) is 77.5 cm³/mol. The minimum atomic E-state index is -0.339. The molecule has 1 aromatic carbocycles. The van der Waals surface area contributed by atoms with E-state index in [4.69, 9.17) is 11.6 Å². The van der Waals surface area contributed by atoms with Gasteiger partial charge in [0.1, 0.15) is 11.9 Å². The third-order valence-corrected chi connectivity index (χ3v) is 3.44. The van der Waals surface area contributed by atoms with Crippen LogP contribution in [0.5, 0.6) is 0 Å². The topological polar surface area (TPSA) is 46.9 Å². The van der Waals surface area contributed by atoms with E-state index in [1.54, 1.807) is 7.05 Å². The van der Waals surface area contributed by atoms with Crippen LogP contribution in [0.25, 0.3) is 11.0 Å². The van der Waals surface area contributed by atoms with Crippen molar-refractivity contribution >= 4 is 28.5 Å². The summed E-state index contributed by atoms with van der Waals surface area (Å²) in [6.45, 7) is 5.73. The van der Waals surface area contributed by atoms with E-state index in [-0.39, 0.29) is 17.3 Å². The number of nitrogens with one attached hydrogen (secondary N) is 1. The van der Waals surface area contributed by atoms with Crippen LogP contribution >= 0.6 is 11.6 Å². The number of hydrogen-bond donors (Lipinski definition) is 1. The molecule has 0 saturated heterocycles. The molecule has 5 heteroatoms. The second-order valence-electron chi connectivity index (χ2n) is 4.74. The maximum absolute atomic E-state index is 11.9. The zero-order valence-electron chi connectivity index (χ0n) is 11.6. The molecule has 0 bridgehead atoms. The number of amides is 1. The molecule has 1 heterocycles. The van der Waals surface area contributed by atoms with Crippen molar-refractivity contribution in [3.63, 3.8) is 0 Å². The lowest BCUT2D eigenvalue weighted by Crippen LogP contribution is -2.28. The van der Waals surface area contributed by atoms with Gasteiger partial charge in [-0.3, -0.25) is 4.79 Å². The number of imidazole rings is 1. The molecule has 0 aliphatic rings. The summed E-state index contributed by atoms with van der Waals surface area (Å²) in [5, 5.41) is 2.41. The van der Waals surface area contributed by atoms with E-state index in [2.05, 4.69) is 10.3 Å². The number of aromatic nitrogens is 2. The van der Waals surface area contributed by atoms with Gasteiger partial charge in [-0.25, -0.2) is 4.98 Å². The number of carbonyl (C=O) groups is 1. The molecule has 2 aromatic rings. The van der Waals surface area contributed by atoms with Gasteiger partial charge in [-0.15, -0.1) is 11.6 Å². The second kappa shape index (κ2) is 5.21. The molecule has 2 rings (SSSR count). The Kier molecular flexibility index (Phi) is 3.80. The first-order valence-corrected chi connectivity index (χ1v) is 6.73. The first-order chi connectivity index (χ1) is 8.95. The fourth-order valence-corrected chi connectivity index (χ4v) is 2.40. The van der Waals surface area contributed by atoms with E-state index >= 15 is 0 Å². The average Bonchev–Trinajstić information content (AvgIpc) is 2.75. The summed E-state index contributed by atoms with van der Waals surface area (Å²) in [6, 6.07) is 5.67. The third kappa shape index (κ3) is 2.45. The highest BCUT2D eigenvalue weighted by Crippen LogP contribution is 2.28. The van der Waals surface area contributed by atoms with Crippen LogP contribution in [0.4, 0.5) is 0 Å². The van der Waals surface area contributed by atoms with Crippen LogP contribution in [-0.2, 0) is 4.79 Å². The molecular weight excluding hydrogens is 262 g/mol. The van der Waals surface area contributed by atoms with Crippen molar-refractivity contribution < 1.29 is 4.79 Å². The van der Waals surface area contributed by atoms with Crippen LogP contribution in [-0.4, -0.2) is 22.5 Å². The Morgan fingerprint density at radius 3 is 2.68 bits per heavy atom. The van der Waals surface area contributed by atoms with E-state index < -0.39 is 0 Å². The summed E-state index contributed by atoms with van der Waals surface area (Å²) < 4.78 is 1.91. The van der Waals surface area contributed by atoms with Crippen molar-refractivity contribution in [1.82, 2.24) is 14.9 Å². The summed E-state index contributed by atoms with van der Waals surface area (Å²) in [4.78, 5) is 16.5.